The molecule has 4 amide bonds. The van der Waals surface area contributed by atoms with Crippen molar-refractivity contribution in [3.05, 3.63) is 35.4 Å². The number of hydrogen-bond acceptors (Lipinski definition) is 4. The molecular formula is C18H24N4O4. The molecule has 0 unspecified atom stereocenters. The molecule has 0 spiro atoms. The Balaban J connectivity index is 1.70. The van der Waals surface area contributed by atoms with E-state index in [-0.39, 0.29) is 24.7 Å². The number of piperazine rings is 1. The molecule has 1 aromatic rings. The van der Waals surface area contributed by atoms with Gasteiger partial charge < -0.3 is 9.80 Å². The van der Waals surface area contributed by atoms with Gasteiger partial charge in [-0.2, -0.15) is 0 Å². The van der Waals surface area contributed by atoms with Gasteiger partial charge in [0, 0.05) is 51.5 Å². The van der Waals surface area contributed by atoms with Crippen LogP contribution in [0.25, 0.3) is 0 Å². The molecule has 140 valence electrons. The number of aryl methyl sites for hydroxylation is 1. The fraction of sp³-hybridized carbons (Fsp3) is 0.444. The summed E-state index contributed by atoms with van der Waals surface area (Å²) in [5, 5.41) is 0. The molecule has 0 radical (unpaired) electrons. The van der Waals surface area contributed by atoms with Gasteiger partial charge in [-0.15, -0.1) is 0 Å². The summed E-state index contributed by atoms with van der Waals surface area (Å²) in [6.07, 6.45) is 0.0476. The van der Waals surface area contributed by atoms with Crippen molar-refractivity contribution in [2.45, 2.75) is 26.7 Å². The van der Waals surface area contributed by atoms with Crippen molar-refractivity contribution in [2.75, 3.05) is 26.2 Å². The Kier molecular flexibility index (Phi) is 6.71. The lowest BCUT2D eigenvalue weighted by Gasteiger charge is -2.34. The molecular weight excluding hydrogens is 336 g/mol. The lowest BCUT2D eigenvalue weighted by molar-refractivity contribution is -0.139. The third kappa shape index (κ3) is 5.30. The third-order valence-electron chi connectivity index (χ3n) is 4.35. The molecule has 1 heterocycles. The van der Waals surface area contributed by atoms with Gasteiger partial charge in [0.25, 0.3) is 5.91 Å². The van der Waals surface area contributed by atoms with E-state index in [1.807, 2.05) is 6.07 Å². The van der Waals surface area contributed by atoms with Gasteiger partial charge in [0.1, 0.15) is 0 Å². The van der Waals surface area contributed by atoms with E-state index in [2.05, 4.69) is 10.9 Å². The minimum Gasteiger partial charge on any atom is -0.339 e. The first-order valence-corrected chi connectivity index (χ1v) is 8.56. The maximum atomic E-state index is 12.1. The second-order valence-corrected chi connectivity index (χ2v) is 6.20. The molecule has 8 heteroatoms. The topological polar surface area (TPSA) is 98.8 Å². The largest absolute Gasteiger partial charge is 0.339 e. The molecule has 1 aromatic carbocycles. The molecule has 1 aliphatic heterocycles. The fourth-order valence-electron chi connectivity index (χ4n) is 2.73. The summed E-state index contributed by atoms with van der Waals surface area (Å²) in [6.45, 7) is 5.29. The van der Waals surface area contributed by atoms with E-state index < -0.39 is 11.8 Å². The quantitative estimate of drug-likeness (QED) is 0.751. The zero-order chi connectivity index (χ0) is 19.1. The van der Waals surface area contributed by atoms with Crippen molar-refractivity contribution >= 4 is 23.6 Å². The van der Waals surface area contributed by atoms with Crippen LogP contribution in [0.15, 0.2) is 24.3 Å². The Hall–Kier alpha value is -2.90. The zero-order valence-corrected chi connectivity index (χ0v) is 15.1. The van der Waals surface area contributed by atoms with Crippen molar-refractivity contribution < 1.29 is 19.2 Å². The van der Waals surface area contributed by atoms with Crippen LogP contribution < -0.4 is 10.9 Å². The van der Waals surface area contributed by atoms with Crippen LogP contribution in [0.3, 0.4) is 0 Å². The number of nitrogens with zero attached hydrogens (tertiary/aromatic N) is 2. The van der Waals surface area contributed by atoms with Crippen LogP contribution in [0.2, 0.25) is 0 Å². The Morgan fingerprint density at radius 2 is 1.54 bits per heavy atom. The Morgan fingerprint density at radius 3 is 2.15 bits per heavy atom. The van der Waals surface area contributed by atoms with Crippen LogP contribution in [0.4, 0.5) is 0 Å². The summed E-state index contributed by atoms with van der Waals surface area (Å²) in [4.78, 5) is 50.6. The molecule has 1 fully saturated rings. The molecule has 1 saturated heterocycles. The zero-order valence-electron chi connectivity index (χ0n) is 15.1. The molecule has 0 bridgehead atoms. The van der Waals surface area contributed by atoms with Crippen LogP contribution in [0, 0.1) is 6.92 Å². The Morgan fingerprint density at radius 1 is 0.923 bits per heavy atom. The van der Waals surface area contributed by atoms with Crippen molar-refractivity contribution in [3.8, 4) is 0 Å². The predicted octanol–water partition coefficient (Wildman–Crippen LogP) is 0.227. The molecule has 1 aliphatic rings. The first kappa shape index (κ1) is 19.4. The standard InChI is InChI=1S/C18H24N4O4/c1-13-5-3-4-6-15(13)18(26)20-19-16(24)7-8-17(25)22-11-9-21(10-12-22)14(2)23/h3-6H,7-12H2,1-2H3,(H,19,24)(H,20,26). The van der Waals surface area contributed by atoms with Gasteiger partial charge in [-0.3, -0.25) is 30.0 Å². The van der Waals surface area contributed by atoms with Crippen LogP contribution in [-0.4, -0.2) is 59.6 Å². The molecule has 0 atom stereocenters. The number of benzene rings is 1. The van der Waals surface area contributed by atoms with Crippen LogP contribution in [0.1, 0.15) is 35.7 Å². The second-order valence-electron chi connectivity index (χ2n) is 6.20. The molecule has 0 aromatic heterocycles. The van der Waals surface area contributed by atoms with Gasteiger partial charge in [0.05, 0.1) is 0 Å². The third-order valence-corrected chi connectivity index (χ3v) is 4.35. The van der Waals surface area contributed by atoms with E-state index in [9.17, 15) is 19.2 Å². The van der Waals surface area contributed by atoms with Gasteiger partial charge in [0.15, 0.2) is 0 Å². The minimum absolute atomic E-state index is 0.000807. The highest BCUT2D eigenvalue weighted by molar-refractivity contribution is 5.96. The smallest absolute Gasteiger partial charge is 0.269 e. The highest BCUT2D eigenvalue weighted by atomic mass is 16.2. The number of carbonyl (C=O) groups is 4. The first-order chi connectivity index (χ1) is 12.4. The molecule has 26 heavy (non-hydrogen) atoms. The van der Waals surface area contributed by atoms with E-state index in [0.717, 1.165) is 5.56 Å². The van der Waals surface area contributed by atoms with E-state index in [1.165, 1.54) is 6.92 Å². The van der Waals surface area contributed by atoms with E-state index >= 15 is 0 Å². The Bertz CT molecular complexity index is 696. The second kappa shape index (κ2) is 8.98. The van der Waals surface area contributed by atoms with E-state index in [0.29, 0.717) is 31.7 Å². The molecule has 0 saturated carbocycles. The van der Waals surface area contributed by atoms with Gasteiger partial charge in [-0.05, 0) is 18.6 Å². The van der Waals surface area contributed by atoms with Crippen LogP contribution in [-0.2, 0) is 14.4 Å². The van der Waals surface area contributed by atoms with Crippen molar-refractivity contribution in [3.63, 3.8) is 0 Å². The molecule has 2 rings (SSSR count). The number of hydrazine groups is 1. The SMILES string of the molecule is CC(=O)N1CCN(C(=O)CCC(=O)NNC(=O)c2ccccc2C)CC1. The first-order valence-electron chi connectivity index (χ1n) is 8.56. The lowest BCUT2D eigenvalue weighted by Crippen LogP contribution is -2.50. The fourth-order valence-corrected chi connectivity index (χ4v) is 2.73. The average Bonchev–Trinajstić information content (AvgIpc) is 2.64. The average molecular weight is 360 g/mol. The van der Waals surface area contributed by atoms with E-state index in [1.54, 1.807) is 34.9 Å². The minimum atomic E-state index is -0.428. The summed E-state index contributed by atoms with van der Waals surface area (Å²) in [5.41, 5.74) is 5.96. The molecule has 0 aliphatic carbocycles. The van der Waals surface area contributed by atoms with Gasteiger partial charge in [0.2, 0.25) is 17.7 Å². The van der Waals surface area contributed by atoms with Gasteiger partial charge >= 0.3 is 0 Å². The number of hydrogen-bond donors (Lipinski definition) is 2. The Labute approximate surface area is 152 Å². The molecule has 2 N–H and O–H groups in total. The van der Waals surface area contributed by atoms with Crippen LogP contribution >= 0.6 is 0 Å². The summed E-state index contributed by atoms with van der Waals surface area (Å²) in [6, 6.07) is 7.04. The van der Waals surface area contributed by atoms with E-state index in [4.69, 9.17) is 0 Å². The van der Waals surface area contributed by atoms with Crippen molar-refractivity contribution in [2.24, 2.45) is 0 Å². The maximum Gasteiger partial charge on any atom is 0.269 e. The lowest BCUT2D eigenvalue weighted by atomic mass is 10.1. The normalized spacial score (nSPS) is 13.9. The number of rotatable bonds is 4. The summed E-state index contributed by atoms with van der Waals surface area (Å²) >= 11 is 0. The summed E-state index contributed by atoms with van der Waals surface area (Å²) < 4.78 is 0. The number of carbonyl (C=O) groups excluding carboxylic acids is 4. The maximum absolute atomic E-state index is 12.1. The highest BCUT2D eigenvalue weighted by Crippen LogP contribution is 2.07. The van der Waals surface area contributed by atoms with Crippen molar-refractivity contribution in [1.29, 1.82) is 0 Å². The van der Waals surface area contributed by atoms with Crippen molar-refractivity contribution in [1.82, 2.24) is 20.7 Å². The van der Waals surface area contributed by atoms with Crippen LogP contribution in [0.5, 0.6) is 0 Å². The van der Waals surface area contributed by atoms with Gasteiger partial charge in [-0.25, -0.2) is 0 Å². The molecule has 8 nitrogen and oxygen atoms in total. The summed E-state index contributed by atoms with van der Waals surface area (Å²) in [7, 11) is 0. The number of nitrogens with one attached hydrogen (secondary N) is 2. The predicted molar refractivity (Wildman–Crippen MR) is 94.9 cm³/mol. The summed E-state index contributed by atoms with van der Waals surface area (Å²) in [5.74, 6) is -0.958. The van der Waals surface area contributed by atoms with Gasteiger partial charge in [-0.1, -0.05) is 18.2 Å². The highest BCUT2D eigenvalue weighted by Gasteiger charge is 2.22. The monoisotopic (exact) mass is 360 g/mol. The number of amides is 4.